The van der Waals surface area contributed by atoms with Gasteiger partial charge < -0.3 is 16.4 Å². The van der Waals surface area contributed by atoms with Crippen LogP contribution in [0.25, 0.3) is 0 Å². The van der Waals surface area contributed by atoms with Crippen LogP contribution in [-0.2, 0) is 0 Å². The first-order chi connectivity index (χ1) is 8.31. The van der Waals surface area contributed by atoms with Gasteiger partial charge in [-0.3, -0.25) is 0 Å². The van der Waals surface area contributed by atoms with Crippen molar-refractivity contribution in [2.45, 2.75) is 51.0 Å². The molecule has 1 saturated heterocycles. The molecule has 0 radical (unpaired) electrons. The fourth-order valence-electron chi connectivity index (χ4n) is 3.65. The van der Waals surface area contributed by atoms with Gasteiger partial charge in [0.05, 0.1) is 0 Å². The van der Waals surface area contributed by atoms with Crippen molar-refractivity contribution in [3.63, 3.8) is 0 Å². The second-order valence-electron chi connectivity index (χ2n) is 5.94. The Balaban J connectivity index is 1.75. The molecule has 0 aromatic rings. The third-order valence-corrected chi connectivity index (χ3v) is 4.82. The zero-order valence-corrected chi connectivity index (χ0v) is 11.1. The lowest BCUT2D eigenvalue weighted by atomic mass is 9.76. The standard InChI is InChI=1S/C14H29N3/c15-8-11-17-9-6-13(7-10-17)14(16)12-4-2-1-3-5-12/h12-14H,1-11,15-16H2. The molecular formula is C14H29N3. The summed E-state index contributed by atoms with van der Waals surface area (Å²) in [6.45, 7) is 4.27. The molecular weight excluding hydrogens is 210 g/mol. The number of nitrogens with two attached hydrogens (primary N) is 2. The van der Waals surface area contributed by atoms with E-state index in [-0.39, 0.29) is 0 Å². The molecule has 1 atom stereocenters. The van der Waals surface area contributed by atoms with Crippen molar-refractivity contribution < 1.29 is 0 Å². The SMILES string of the molecule is NCCN1CCC(C(N)C2CCCCC2)CC1. The second kappa shape index (κ2) is 6.72. The molecule has 2 aliphatic rings. The highest BCUT2D eigenvalue weighted by atomic mass is 15.1. The number of hydrogen-bond acceptors (Lipinski definition) is 3. The van der Waals surface area contributed by atoms with Gasteiger partial charge in [-0.05, 0) is 50.6 Å². The molecule has 0 aromatic heterocycles. The van der Waals surface area contributed by atoms with Crippen LogP contribution < -0.4 is 11.5 Å². The van der Waals surface area contributed by atoms with Crippen LogP contribution in [-0.4, -0.2) is 37.1 Å². The summed E-state index contributed by atoms with van der Waals surface area (Å²) in [5.74, 6) is 1.59. The van der Waals surface area contributed by atoms with Gasteiger partial charge >= 0.3 is 0 Å². The molecule has 1 unspecified atom stereocenters. The zero-order valence-electron chi connectivity index (χ0n) is 11.1. The Bertz CT molecular complexity index is 206. The van der Waals surface area contributed by atoms with Crippen LogP contribution in [0, 0.1) is 11.8 Å². The number of nitrogens with zero attached hydrogens (tertiary/aromatic N) is 1. The highest BCUT2D eigenvalue weighted by Crippen LogP contribution is 2.32. The molecule has 0 aromatic carbocycles. The molecule has 1 saturated carbocycles. The molecule has 1 heterocycles. The Morgan fingerprint density at radius 3 is 2.12 bits per heavy atom. The highest BCUT2D eigenvalue weighted by molar-refractivity contribution is 4.85. The number of hydrogen-bond donors (Lipinski definition) is 2. The average Bonchev–Trinajstić information content (AvgIpc) is 2.40. The van der Waals surface area contributed by atoms with E-state index >= 15 is 0 Å². The van der Waals surface area contributed by atoms with Gasteiger partial charge in [-0.15, -0.1) is 0 Å². The summed E-state index contributed by atoms with van der Waals surface area (Å²) in [6.07, 6.45) is 9.58. The second-order valence-corrected chi connectivity index (χ2v) is 5.94. The summed E-state index contributed by atoms with van der Waals surface area (Å²) in [6, 6.07) is 0.468. The third kappa shape index (κ3) is 3.67. The van der Waals surface area contributed by atoms with E-state index in [0.717, 1.165) is 24.9 Å². The lowest BCUT2D eigenvalue weighted by Gasteiger charge is -2.38. The summed E-state index contributed by atoms with van der Waals surface area (Å²) in [5.41, 5.74) is 12.1. The first kappa shape index (κ1) is 13.3. The molecule has 1 aliphatic carbocycles. The molecule has 4 N–H and O–H groups in total. The van der Waals surface area contributed by atoms with Crippen molar-refractivity contribution in [1.82, 2.24) is 4.90 Å². The fourth-order valence-corrected chi connectivity index (χ4v) is 3.65. The van der Waals surface area contributed by atoms with Crippen LogP contribution in [0.4, 0.5) is 0 Å². The lowest BCUT2D eigenvalue weighted by molar-refractivity contribution is 0.141. The first-order valence-electron chi connectivity index (χ1n) is 7.49. The van der Waals surface area contributed by atoms with E-state index in [9.17, 15) is 0 Å². The van der Waals surface area contributed by atoms with E-state index in [1.165, 1.54) is 58.0 Å². The van der Waals surface area contributed by atoms with Gasteiger partial charge in [-0.1, -0.05) is 19.3 Å². The Labute approximate surface area is 106 Å². The quantitative estimate of drug-likeness (QED) is 0.783. The van der Waals surface area contributed by atoms with Crippen molar-refractivity contribution in [2.75, 3.05) is 26.2 Å². The maximum atomic E-state index is 6.50. The van der Waals surface area contributed by atoms with E-state index in [0.29, 0.717) is 6.04 Å². The molecule has 2 fully saturated rings. The van der Waals surface area contributed by atoms with Gasteiger partial charge in [0.25, 0.3) is 0 Å². The van der Waals surface area contributed by atoms with Gasteiger partial charge in [0, 0.05) is 19.1 Å². The van der Waals surface area contributed by atoms with Crippen molar-refractivity contribution in [3.8, 4) is 0 Å². The Hall–Kier alpha value is -0.120. The molecule has 3 heteroatoms. The van der Waals surface area contributed by atoms with Gasteiger partial charge in [-0.25, -0.2) is 0 Å². The van der Waals surface area contributed by atoms with E-state index in [1.807, 2.05) is 0 Å². The predicted molar refractivity (Wildman–Crippen MR) is 72.8 cm³/mol. The summed E-state index contributed by atoms with van der Waals surface area (Å²) in [7, 11) is 0. The van der Waals surface area contributed by atoms with E-state index < -0.39 is 0 Å². The molecule has 1 aliphatic heterocycles. The van der Waals surface area contributed by atoms with Crippen LogP contribution in [0.1, 0.15) is 44.9 Å². The molecule has 100 valence electrons. The fraction of sp³-hybridized carbons (Fsp3) is 1.00. The smallest absolute Gasteiger partial charge is 0.0105 e. The van der Waals surface area contributed by atoms with Crippen molar-refractivity contribution in [1.29, 1.82) is 0 Å². The van der Waals surface area contributed by atoms with Crippen molar-refractivity contribution in [2.24, 2.45) is 23.3 Å². The number of rotatable bonds is 4. The topological polar surface area (TPSA) is 55.3 Å². The van der Waals surface area contributed by atoms with E-state index in [2.05, 4.69) is 4.90 Å². The van der Waals surface area contributed by atoms with E-state index in [1.54, 1.807) is 0 Å². The minimum atomic E-state index is 0.468. The predicted octanol–water partition coefficient (Wildman–Crippen LogP) is 1.56. The lowest BCUT2D eigenvalue weighted by Crippen LogP contribution is -2.45. The molecule has 0 spiro atoms. The van der Waals surface area contributed by atoms with Crippen LogP contribution >= 0.6 is 0 Å². The van der Waals surface area contributed by atoms with Crippen LogP contribution in [0.5, 0.6) is 0 Å². The Morgan fingerprint density at radius 1 is 0.941 bits per heavy atom. The van der Waals surface area contributed by atoms with Crippen LogP contribution in [0.15, 0.2) is 0 Å². The number of likely N-dealkylation sites (tertiary alicyclic amines) is 1. The zero-order chi connectivity index (χ0) is 12.1. The minimum absolute atomic E-state index is 0.468. The molecule has 17 heavy (non-hydrogen) atoms. The monoisotopic (exact) mass is 239 g/mol. The molecule has 0 amide bonds. The Kier molecular flexibility index (Phi) is 5.26. The highest BCUT2D eigenvalue weighted by Gasteiger charge is 2.29. The molecule has 3 nitrogen and oxygen atoms in total. The Morgan fingerprint density at radius 2 is 1.53 bits per heavy atom. The molecule has 2 rings (SSSR count). The van der Waals surface area contributed by atoms with Crippen molar-refractivity contribution in [3.05, 3.63) is 0 Å². The largest absolute Gasteiger partial charge is 0.329 e. The van der Waals surface area contributed by atoms with Crippen LogP contribution in [0.2, 0.25) is 0 Å². The average molecular weight is 239 g/mol. The summed E-state index contributed by atoms with van der Waals surface area (Å²) >= 11 is 0. The summed E-state index contributed by atoms with van der Waals surface area (Å²) in [4.78, 5) is 2.49. The van der Waals surface area contributed by atoms with Gasteiger partial charge in [-0.2, -0.15) is 0 Å². The van der Waals surface area contributed by atoms with Gasteiger partial charge in [0.2, 0.25) is 0 Å². The van der Waals surface area contributed by atoms with E-state index in [4.69, 9.17) is 11.5 Å². The minimum Gasteiger partial charge on any atom is -0.329 e. The van der Waals surface area contributed by atoms with Crippen LogP contribution in [0.3, 0.4) is 0 Å². The third-order valence-electron chi connectivity index (χ3n) is 4.82. The molecule has 0 bridgehead atoms. The van der Waals surface area contributed by atoms with Gasteiger partial charge in [0.15, 0.2) is 0 Å². The maximum Gasteiger partial charge on any atom is 0.0105 e. The van der Waals surface area contributed by atoms with Gasteiger partial charge in [0.1, 0.15) is 0 Å². The maximum absolute atomic E-state index is 6.50. The normalized spacial score (nSPS) is 27.2. The van der Waals surface area contributed by atoms with Crippen molar-refractivity contribution >= 4 is 0 Å². The summed E-state index contributed by atoms with van der Waals surface area (Å²) < 4.78 is 0. The first-order valence-corrected chi connectivity index (χ1v) is 7.49. The summed E-state index contributed by atoms with van der Waals surface area (Å²) in [5, 5.41) is 0. The number of piperidine rings is 1.